The second-order valence-electron chi connectivity index (χ2n) is 3.85. The second-order valence-corrected chi connectivity index (χ2v) is 4.88. The van der Waals surface area contributed by atoms with Gasteiger partial charge < -0.3 is 0 Å². The quantitative estimate of drug-likeness (QED) is 0.471. The minimum absolute atomic E-state index is 0.123. The number of nitrogens with zero attached hydrogens (tertiary/aromatic N) is 3. The number of halogens is 3. The summed E-state index contributed by atoms with van der Waals surface area (Å²) in [4.78, 5) is 9.92. The van der Waals surface area contributed by atoms with Crippen molar-refractivity contribution in [2.24, 2.45) is 0 Å². The zero-order valence-corrected chi connectivity index (χ0v) is 11.7. The van der Waals surface area contributed by atoms with E-state index in [9.17, 15) is 23.3 Å². The Hall–Kier alpha value is -1.85. The average molecular weight is 285 g/mol. The molecular formula is C10H7AlF3N3O2. The van der Waals surface area contributed by atoms with E-state index in [-0.39, 0.29) is 5.69 Å². The Morgan fingerprint density at radius 3 is 2.26 bits per heavy atom. The molecule has 98 valence electrons. The standard InChI is InChI=1S/C10H5F3N3O2.Al.2H/c11-10(12,13)9-5-6-15(14-9)7-1-3-8(4-2-7)16(17)18;;;/h1-5H;;;. The van der Waals surface area contributed by atoms with Gasteiger partial charge in [0.15, 0.2) is 5.69 Å². The molecule has 0 N–H and O–H groups in total. The van der Waals surface area contributed by atoms with Crippen molar-refractivity contribution >= 4 is 26.5 Å². The molecule has 0 atom stereocenters. The molecule has 1 aromatic heterocycles. The van der Waals surface area contributed by atoms with Gasteiger partial charge in [0, 0.05) is 12.1 Å². The molecule has 1 aromatic carbocycles. The molecule has 2 aromatic rings. The number of alkyl halides is 3. The maximum absolute atomic E-state index is 12.5. The molecule has 0 saturated carbocycles. The van der Waals surface area contributed by atoms with Crippen LogP contribution in [0.15, 0.2) is 30.3 Å². The topological polar surface area (TPSA) is 61.0 Å². The summed E-state index contributed by atoms with van der Waals surface area (Å²) in [5.41, 5.74) is -0.719. The molecule has 0 aliphatic carbocycles. The lowest BCUT2D eigenvalue weighted by Crippen LogP contribution is -2.15. The summed E-state index contributed by atoms with van der Waals surface area (Å²) in [5.74, 6) is 0. The molecular weight excluding hydrogens is 278 g/mol. The van der Waals surface area contributed by atoms with Crippen molar-refractivity contribution in [3.8, 4) is 5.69 Å². The van der Waals surface area contributed by atoms with Crippen molar-refractivity contribution in [2.45, 2.75) is 6.18 Å². The van der Waals surface area contributed by atoms with E-state index in [0.717, 1.165) is 10.7 Å². The van der Waals surface area contributed by atoms with Crippen LogP contribution in [0.5, 0.6) is 0 Å². The Morgan fingerprint density at radius 2 is 1.84 bits per heavy atom. The first-order valence-corrected chi connectivity index (χ1v) is 6.18. The van der Waals surface area contributed by atoms with Gasteiger partial charge in [-0.05, 0) is 22.8 Å². The van der Waals surface area contributed by atoms with Gasteiger partial charge in [0.1, 0.15) is 0 Å². The van der Waals surface area contributed by atoms with Gasteiger partial charge in [0.25, 0.3) is 22.0 Å². The highest BCUT2D eigenvalue weighted by Crippen LogP contribution is 2.27. The molecule has 19 heavy (non-hydrogen) atoms. The van der Waals surface area contributed by atoms with E-state index in [4.69, 9.17) is 0 Å². The van der Waals surface area contributed by atoms with Crippen LogP contribution in [0.25, 0.3) is 5.69 Å². The zero-order chi connectivity index (χ0) is 14.2. The first-order chi connectivity index (χ1) is 8.79. The highest BCUT2D eigenvalue weighted by Gasteiger charge is 2.34. The first-order valence-electron chi connectivity index (χ1n) is 5.18. The lowest BCUT2D eigenvalue weighted by atomic mass is 10.3. The third kappa shape index (κ3) is 2.77. The highest BCUT2D eigenvalue weighted by atomic mass is 27.0. The fourth-order valence-electron chi connectivity index (χ4n) is 1.59. The molecule has 0 aliphatic heterocycles. The number of non-ortho nitro benzene ring substituents is 1. The third-order valence-electron chi connectivity index (χ3n) is 2.48. The average Bonchev–Trinajstić information content (AvgIpc) is 2.71. The Morgan fingerprint density at radius 1 is 1.26 bits per heavy atom. The Balaban J connectivity index is 2.42. The van der Waals surface area contributed by atoms with Gasteiger partial charge in [-0.15, -0.1) is 0 Å². The van der Waals surface area contributed by atoms with Crippen LogP contribution in [0.2, 0.25) is 0 Å². The molecule has 0 fully saturated rings. The van der Waals surface area contributed by atoms with Gasteiger partial charge in [-0.2, -0.15) is 18.3 Å². The number of hydrogen-bond acceptors (Lipinski definition) is 3. The van der Waals surface area contributed by atoms with Crippen molar-refractivity contribution in [1.29, 1.82) is 0 Å². The van der Waals surface area contributed by atoms with Crippen LogP contribution in [0.1, 0.15) is 5.69 Å². The second kappa shape index (κ2) is 4.68. The van der Waals surface area contributed by atoms with Crippen molar-refractivity contribution in [2.75, 3.05) is 0 Å². The fraction of sp³-hybridized carbons (Fsp3) is 0.100. The maximum Gasteiger partial charge on any atom is 0.435 e. The van der Waals surface area contributed by atoms with E-state index in [0.29, 0.717) is 26.5 Å². The largest absolute Gasteiger partial charge is 0.435 e. The van der Waals surface area contributed by atoms with Crippen molar-refractivity contribution in [3.05, 3.63) is 46.1 Å². The maximum atomic E-state index is 12.5. The van der Waals surface area contributed by atoms with Crippen molar-refractivity contribution in [1.82, 2.24) is 9.78 Å². The minimum Gasteiger partial charge on any atom is -0.258 e. The minimum atomic E-state index is -4.49. The van der Waals surface area contributed by atoms with Crippen LogP contribution in [0.3, 0.4) is 0 Å². The molecule has 9 heteroatoms. The zero-order valence-electron chi connectivity index (χ0n) is 9.68. The monoisotopic (exact) mass is 285 g/mol. The van der Waals surface area contributed by atoms with Crippen LogP contribution < -0.4 is 4.56 Å². The van der Waals surface area contributed by atoms with Crippen LogP contribution in [-0.4, -0.2) is 31.0 Å². The molecule has 5 nitrogen and oxygen atoms in total. The van der Waals surface area contributed by atoms with E-state index in [1.54, 1.807) is 0 Å². The molecule has 1 heterocycles. The van der Waals surface area contributed by atoms with E-state index in [2.05, 4.69) is 5.10 Å². The van der Waals surface area contributed by atoms with E-state index < -0.39 is 16.8 Å². The van der Waals surface area contributed by atoms with Crippen LogP contribution in [0.4, 0.5) is 18.9 Å². The normalized spacial score (nSPS) is 11.5. The number of benzene rings is 1. The summed E-state index contributed by atoms with van der Waals surface area (Å²) in [6.07, 6.45) is -4.49. The molecule has 0 aliphatic rings. The number of nitro groups is 1. The van der Waals surface area contributed by atoms with Gasteiger partial charge in [-0.25, -0.2) is 0 Å². The third-order valence-corrected chi connectivity index (χ3v) is 3.20. The Kier molecular flexibility index (Phi) is 3.34. The predicted molar refractivity (Wildman–Crippen MR) is 63.4 cm³/mol. The molecule has 0 saturated heterocycles. The molecule has 0 unspecified atom stereocenters. The van der Waals surface area contributed by atoms with Gasteiger partial charge >= 0.3 is 6.18 Å². The van der Waals surface area contributed by atoms with Gasteiger partial charge in [-0.3, -0.25) is 14.8 Å². The van der Waals surface area contributed by atoms with Gasteiger partial charge in [0.05, 0.1) is 10.6 Å². The lowest BCUT2D eigenvalue weighted by molar-refractivity contribution is -0.384. The van der Waals surface area contributed by atoms with Crippen molar-refractivity contribution in [3.63, 3.8) is 0 Å². The number of nitro benzene ring substituents is 1. The van der Waals surface area contributed by atoms with E-state index in [1.165, 1.54) is 24.3 Å². The summed E-state index contributed by atoms with van der Waals surface area (Å²) < 4.78 is 39.1. The molecule has 0 bridgehead atoms. The molecule has 0 amide bonds. The Labute approximate surface area is 113 Å². The predicted octanol–water partition coefficient (Wildman–Crippen LogP) is 1.06. The van der Waals surface area contributed by atoms with Crippen molar-refractivity contribution < 1.29 is 18.1 Å². The van der Waals surface area contributed by atoms with Crippen LogP contribution in [-0.2, 0) is 6.18 Å². The van der Waals surface area contributed by atoms with Crippen LogP contribution in [0, 0.1) is 10.1 Å². The fourth-order valence-corrected chi connectivity index (χ4v) is 2.22. The van der Waals surface area contributed by atoms with E-state index in [1.807, 2.05) is 0 Å². The number of hydrogen-bond donors (Lipinski definition) is 0. The highest BCUT2D eigenvalue weighted by molar-refractivity contribution is 6.31. The molecule has 0 spiro atoms. The molecule has 0 radical (unpaired) electrons. The summed E-state index contributed by atoms with van der Waals surface area (Å²) in [6.45, 7) is 0. The summed E-state index contributed by atoms with van der Waals surface area (Å²) in [6, 6.07) is 6.17. The number of aromatic nitrogens is 2. The summed E-state index contributed by atoms with van der Waals surface area (Å²) >= 11 is 0.376. The smallest absolute Gasteiger partial charge is 0.258 e. The summed E-state index contributed by atoms with van der Waals surface area (Å²) in [5, 5.41) is 14.0. The van der Waals surface area contributed by atoms with Gasteiger partial charge in [-0.1, -0.05) is 0 Å². The van der Waals surface area contributed by atoms with Gasteiger partial charge in [0.2, 0.25) is 0 Å². The Bertz CT molecular complexity index is 622. The van der Waals surface area contributed by atoms with Crippen LogP contribution >= 0.6 is 0 Å². The lowest BCUT2D eigenvalue weighted by Gasteiger charge is -2.04. The molecule has 2 rings (SSSR count). The SMILES string of the molecule is O=[N+]([O-])c1ccc(-n2nc(C(F)(F)F)c[c]2[AlH2])cc1. The number of rotatable bonds is 2. The first kappa shape index (κ1) is 13.6. The van der Waals surface area contributed by atoms with E-state index >= 15 is 0 Å². The summed E-state index contributed by atoms with van der Waals surface area (Å²) in [7, 11) is 0.